The third-order valence-corrected chi connectivity index (χ3v) is 10.5. The van der Waals surface area contributed by atoms with Gasteiger partial charge in [-0.05, 0) is 57.9 Å². The Labute approximate surface area is 312 Å². The summed E-state index contributed by atoms with van der Waals surface area (Å²) in [5, 5.41) is 3.82. The van der Waals surface area contributed by atoms with E-state index in [1.54, 1.807) is 12.1 Å². The minimum atomic E-state index is -4.76. The molecule has 0 saturated carbocycles. The van der Waals surface area contributed by atoms with Gasteiger partial charge in [0.2, 0.25) is 5.69 Å². The molecule has 0 aliphatic heterocycles. The van der Waals surface area contributed by atoms with Crippen LogP contribution in [-0.4, -0.2) is 9.13 Å². The summed E-state index contributed by atoms with van der Waals surface area (Å²) in [4.78, 5) is 7.85. The lowest BCUT2D eigenvalue weighted by molar-refractivity contribution is -0.137. The Hall–Kier alpha value is -6.31. The molecule has 2 heterocycles. The zero-order valence-corrected chi connectivity index (χ0v) is 30.9. The van der Waals surface area contributed by atoms with Crippen molar-refractivity contribution in [2.45, 2.75) is 58.5 Å². The number of benzene rings is 6. The van der Waals surface area contributed by atoms with E-state index in [9.17, 15) is 0 Å². The molecule has 0 bridgehead atoms. The fraction of sp³-hybridized carbons (Fsp3) is 0.191. The molecule has 7 heteroatoms. The molecule has 8 rings (SSSR count). The van der Waals surface area contributed by atoms with Gasteiger partial charge in [-0.25, -0.2) is 9.69 Å². The Balaban J connectivity index is 1.62. The third-order valence-electron chi connectivity index (χ3n) is 10.5. The summed E-state index contributed by atoms with van der Waals surface area (Å²) in [5.74, 6) is 0. The van der Waals surface area contributed by atoms with Gasteiger partial charge in [0.1, 0.15) is 0 Å². The number of alkyl halides is 3. The minimum Gasteiger partial charge on any atom is -0.319 e. The van der Waals surface area contributed by atoms with Crippen molar-refractivity contribution in [3.63, 3.8) is 0 Å². The zero-order chi connectivity index (χ0) is 38.3. The van der Waals surface area contributed by atoms with E-state index >= 15 is 13.2 Å². The predicted octanol–water partition coefficient (Wildman–Crippen LogP) is 14.3. The molecular weight excluding hydrogens is 678 g/mol. The molecule has 266 valence electrons. The van der Waals surface area contributed by atoms with Gasteiger partial charge in [-0.2, -0.15) is 13.2 Å². The molecule has 0 aliphatic rings. The maximum Gasteiger partial charge on any atom is 0.415 e. The Bertz CT molecular complexity index is 2910. The van der Waals surface area contributed by atoms with Crippen LogP contribution in [0, 0.1) is 13.1 Å². The van der Waals surface area contributed by atoms with Crippen molar-refractivity contribution in [1.82, 2.24) is 9.13 Å². The Kier molecular flexibility index (Phi) is 7.80. The molecule has 0 spiro atoms. The minimum absolute atomic E-state index is 0.141. The van der Waals surface area contributed by atoms with E-state index in [0.29, 0.717) is 11.4 Å². The summed E-state index contributed by atoms with van der Waals surface area (Å²) < 4.78 is 49.0. The first-order chi connectivity index (χ1) is 25.6. The zero-order valence-electron chi connectivity index (χ0n) is 30.9. The number of hydrogen-bond donors (Lipinski definition) is 0. The van der Waals surface area contributed by atoms with E-state index in [1.807, 2.05) is 47.0 Å². The van der Waals surface area contributed by atoms with Gasteiger partial charge in [0, 0.05) is 27.1 Å². The fourth-order valence-electron chi connectivity index (χ4n) is 7.81. The maximum atomic E-state index is 15.0. The molecule has 2 aromatic heterocycles. The summed E-state index contributed by atoms with van der Waals surface area (Å²) in [6.45, 7) is 29.7. The summed E-state index contributed by atoms with van der Waals surface area (Å²) in [7, 11) is 0. The van der Waals surface area contributed by atoms with Gasteiger partial charge in [0.15, 0.2) is 5.69 Å². The van der Waals surface area contributed by atoms with Gasteiger partial charge in [-0.3, -0.25) is 0 Å². The number of nitrogens with zero attached hydrogens (tertiary/aromatic N) is 4. The van der Waals surface area contributed by atoms with Gasteiger partial charge in [0.25, 0.3) is 0 Å². The summed E-state index contributed by atoms with van der Waals surface area (Å²) >= 11 is 0. The van der Waals surface area contributed by atoms with E-state index in [1.165, 1.54) is 12.1 Å². The van der Waals surface area contributed by atoms with Gasteiger partial charge in [0.05, 0.1) is 52.1 Å². The summed E-state index contributed by atoms with van der Waals surface area (Å²) in [6, 6.07) is 35.6. The predicted molar refractivity (Wildman–Crippen MR) is 215 cm³/mol. The molecule has 0 N–H and O–H groups in total. The Morgan fingerprint density at radius 3 is 1.56 bits per heavy atom. The van der Waals surface area contributed by atoms with Crippen molar-refractivity contribution in [1.29, 1.82) is 0 Å². The topological polar surface area (TPSA) is 18.6 Å². The lowest BCUT2D eigenvalue weighted by Crippen LogP contribution is -2.11. The van der Waals surface area contributed by atoms with Gasteiger partial charge in [-0.1, -0.05) is 126 Å². The van der Waals surface area contributed by atoms with Crippen LogP contribution in [-0.2, 0) is 17.0 Å². The second-order valence-corrected chi connectivity index (χ2v) is 15.9. The van der Waals surface area contributed by atoms with Crippen molar-refractivity contribution >= 4 is 55.0 Å². The number of hydrogen-bond acceptors (Lipinski definition) is 0. The SMILES string of the molecule is [C-]#[N+]c1cccc(C(F)(F)F)c1-c1ccc(-n2c3ccccc3c3ccc(C(C)(C)C)cc32)c([N+]#[C-])c1-n1c2ccccc2c2ccc(C(C)(C)C)cc21. The number of aromatic nitrogens is 2. The van der Waals surface area contributed by atoms with E-state index in [2.05, 4.69) is 98.3 Å². The lowest BCUT2D eigenvalue weighted by atomic mass is 9.86. The molecule has 0 amide bonds. The standard InChI is InChI=1S/C47H37F3N4/c1-45(2,3)28-20-22-32-30-14-9-11-18-37(30)53(40(32)26-28)39-25-24-34(42-35(47(48,49)50)16-13-17-36(42)51-7)44(43(39)52-8)54-38-19-12-10-15-31(38)33-23-21-29(27-41(33)54)46(4,5)6/h9-27H,1-6H3. The molecule has 0 fully saturated rings. The highest BCUT2D eigenvalue weighted by Crippen LogP contribution is 2.50. The monoisotopic (exact) mass is 714 g/mol. The molecule has 0 radical (unpaired) electrons. The average Bonchev–Trinajstić information content (AvgIpc) is 3.64. The largest absolute Gasteiger partial charge is 0.415 e. The molecule has 8 aromatic rings. The Morgan fingerprint density at radius 1 is 0.519 bits per heavy atom. The van der Waals surface area contributed by atoms with Crippen molar-refractivity contribution in [2.24, 2.45) is 0 Å². The van der Waals surface area contributed by atoms with Crippen LogP contribution in [0.5, 0.6) is 0 Å². The highest BCUT2D eigenvalue weighted by atomic mass is 19.4. The second-order valence-electron chi connectivity index (χ2n) is 15.9. The van der Waals surface area contributed by atoms with E-state index < -0.39 is 11.7 Å². The van der Waals surface area contributed by atoms with Crippen molar-refractivity contribution in [2.75, 3.05) is 0 Å². The first-order valence-corrected chi connectivity index (χ1v) is 17.8. The Morgan fingerprint density at radius 2 is 1.04 bits per heavy atom. The van der Waals surface area contributed by atoms with Crippen LogP contribution in [0.25, 0.3) is 75.8 Å². The third kappa shape index (κ3) is 5.34. The molecular formula is C47H37F3N4. The van der Waals surface area contributed by atoms with E-state index in [0.717, 1.165) is 60.8 Å². The number of halogens is 3. The van der Waals surface area contributed by atoms with E-state index in [4.69, 9.17) is 13.1 Å². The van der Waals surface area contributed by atoms with Crippen molar-refractivity contribution < 1.29 is 13.2 Å². The van der Waals surface area contributed by atoms with Crippen molar-refractivity contribution in [3.8, 4) is 22.5 Å². The summed E-state index contributed by atoms with van der Waals surface area (Å²) in [5.41, 5.74) is 4.85. The molecule has 0 atom stereocenters. The molecule has 4 nitrogen and oxygen atoms in total. The lowest BCUT2D eigenvalue weighted by Gasteiger charge is -2.24. The normalized spacial score (nSPS) is 12.5. The van der Waals surface area contributed by atoms with Crippen LogP contribution >= 0.6 is 0 Å². The van der Waals surface area contributed by atoms with Gasteiger partial charge < -0.3 is 9.13 Å². The van der Waals surface area contributed by atoms with E-state index in [-0.39, 0.29) is 33.3 Å². The van der Waals surface area contributed by atoms with Crippen LogP contribution < -0.4 is 0 Å². The average molecular weight is 715 g/mol. The van der Waals surface area contributed by atoms with Gasteiger partial charge >= 0.3 is 6.18 Å². The number of para-hydroxylation sites is 2. The second kappa shape index (κ2) is 12.1. The van der Waals surface area contributed by atoms with Crippen LogP contribution in [0.4, 0.5) is 24.5 Å². The van der Waals surface area contributed by atoms with Crippen LogP contribution in [0.2, 0.25) is 0 Å². The first kappa shape index (κ1) is 34.8. The van der Waals surface area contributed by atoms with Crippen LogP contribution in [0.3, 0.4) is 0 Å². The van der Waals surface area contributed by atoms with Gasteiger partial charge in [-0.15, -0.1) is 0 Å². The molecule has 54 heavy (non-hydrogen) atoms. The first-order valence-electron chi connectivity index (χ1n) is 17.8. The quantitative estimate of drug-likeness (QED) is 0.162. The highest BCUT2D eigenvalue weighted by Gasteiger charge is 2.36. The van der Waals surface area contributed by atoms with Crippen LogP contribution in [0.1, 0.15) is 58.2 Å². The highest BCUT2D eigenvalue weighted by molar-refractivity contribution is 6.13. The molecule has 6 aromatic carbocycles. The smallest absolute Gasteiger partial charge is 0.319 e. The number of rotatable bonds is 3. The number of fused-ring (bicyclic) bond motifs is 6. The fourth-order valence-corrected chi connectivity index (χ4v) is 7.81. The molecule has 0 saturated heterocycles. The summed E-state index contributed by atoms with van der Waals surface area (Å²) in [6.07, 6.45) is -4.76. The molecule has 0 unspecified atom stereocenters. The van der Waals surface area contributed by atoms with Crippen LogP contribution in [0.15, 0.2) is 115 Å². The van der Waals surface area contributed by atoms with Crippen molar-refractivity contribution in [3.05, 3.63) is 155 Å². The maximum absolute atomic E-state index is 15.0. The molecule has 0 aliphatic carbocycles.